The molecule has 3 nitrogen and oxygen atoms in total. The molecule has 1 aliphatic rings. The molecule has 19 heavy (non-hydrogen) atoms. The van der Waals surface area contributed by atoms with Gasteiger partial charge in [-0.1, -0.05) is 13.0 Å². The number of methoxy groups -OCH3 is 1. The highest BCUT2D eigenvalue weighted by Crippen LogP contribution is 2.26. The molecule has 1 aromatic rings. The van der Waals surface area contributed by atoms with E-state index in [1.807, 2.05) is 14.0 Å². The Hall–Kier alpha value is -1.51. The van der Waals surface area contributed by atoms with Crippen LogP contribution in [0.15, 0.2) is 18.2 Å². The second kappa shape index (κ2) is 6.09. The second-order valence-corrected chi connectivity index (χ2v) is 5.32. The van der Waals surface area contributed by atoms with E-state index < -0.39 is 0 Å². The van der Waals surface area contributed by atoms with Crippen LogP contribution in [0.25, 0.3) is 0 Å². The first kappa shape index (κ1) is 13.9. The van der Waals surface area contributed by atoms with Crippen LogP contribution in [0.4, 0.5) is 5.69 Å². The number of esters is 1. The zero-order chi connectivity index (χ0) is 13.8. The van der Waals surface area contributed by atoms with E-state index >= 15 is 0 Å². The van der Waals surface area contributed by atoms with E-state index in [2.05, 4.69) is 23.1 Å². The van der Waals surface area contributed by atoms with Crippen molar-refractivity contribution in [3.63, 3.8) is 0 Å². The number of anilines is 1. The summed E-state index contributed by atoms with van der Waals surface area (Å²) >= 11 is 0. The normalized spacial score (nSPS) is 14.9. The van der Waals surface area contributed by atoms with Gasteiger partial charge in [-0.2, -0.15) is 0 Å². The molecule has 0 aliphatic heterocycles. The first-order valence-corrected chi connectivity index (χ1v) is 7.06. The summed E-state index contributed by atoms with van der Waals surface area (Å²) in [5.74, 6) is -0.168. The number of benzene rings is 1. The van der Waals surface area contributed by atoms with Crippen molar-refractivity contribution in [2.75, 3.05) is 25.6 Å². The number of fused-ring (bicyclic) bond motifs is 1. The molecule has 0 fully saturated rings. The van der Waals surface area contributed by atoms with Crippen molar-refractivity contribution in [3.8, 4) is 0 Å². The number of hydrogen-bond acceptors (Lipinski definition) is 3. The van der Waals surface area contributed by atoms with Crippen molar-refractivity contribution in [3.05, 3.63) is 29.3 Å². The highest BCUT2D eigenvalue weighted by atomic mass is 16.5. The lowest BCUT2D eigenvalue weighted by molar-refractivity contribution is -0.145. The van der Waals surface area contributed by atoms with E-state index in [0.29, 0.717) is 6.54 Å². The van der Waals surface area contributed by atoms with E-state index in [1.165, 1.54) is 43.2 Å². The number of rotatable bonds is 5. The van der Waals surface area contributed by atoms with Gasteiger partial charge in [0, 0.05) is 19.3 Å². The van der Waals surface area contributed by atoms with E-state index in [-0.39, 0.29) is 11.9 Å². The molecule has 1 unspecified atom stereocenters. The topological polar surface area (TPSA) is 29.5 Å². The maximum absolute atomic E-state index is 11.6. The Balaban J connectivity index is 2.07. The van der Waals surface area contributed by atoms with Crippen LogP contribution in [0.1, 0.15) is 30.9 Å². The summed E-state index contributed by atoms with van der Waals surface area (Å²) in [6.45, 7) is 2.74. The summed E-state index contributed by atoms with van der Waals surface area (Å²) in [6, 6.07) is 6.66. The molecule has 1 atom stereocenters. The van der Waals surface area contributed by atoms with Gasteiger partial charge >= 0.3 is 5.97 Å². The summed E-state index contributed by atoms with van der Waals surface area (Å²) < 4.78 is 4.85. The molecule has 0 saturated carbocycles. The third kappa shape index (κ3) is 3.09. The molecule has 0 N–H and O–H groups in total. The smallest absolute Gasteiger partial charge is 0.310 e. The summed E-state index contributed by atoms with van der Waals surface area (Å²) in [7, 11) is 3.50. The lowest BCUT2D eigenvalue weighted by Gasteiger charge is -2.24. The number of aryl methyl sites for hydroxylation is 2. The largest absolute Gasteiger partial charge is 0.469 e. The maximum atomic E-state index is 11.6. The number of nitrogens with zero attached hydrogens (tertiary/aromatic N) is 1. The van der Waals surface area contributed by atoms with Gasteiger partial charge < -0.3 is 9.64 Å². The monoisotopic (exact) mass is 261 g/mol. The summed E-state index contributed by atoms with van der Waals surface area (Å²) in [4.78, 5) is 13.8. The minimum Gasteiger partial charge on any atom is -0.469 e. The maximum Gasteiger partial charge on any atom is 0.310 e. The van der Waals surface area contributed by atoms with Crippen molar-refractivity contribution < 1.29 is 9.53 Å². The quantitative estimate of drug-likeness (QED) is 0.763. The molecule has 0 saturated heterocycles. The van der Waals surface area contributed by atoms with Crippen molar-refractivity contribution in [1.82, 2.24) is 0 Å². The number of ether oxygens (including phenoxy) is 1. The van der Waals surface area contributed by atoms with Crippen molar-refractivity contribution in [2.45, 2.75) is 32.6 Å². The third-order valence-electron chi connectivity index (χ3n) is 4.04. The molecule has 104 valence electrons. The van der Waals surface area contributed by atoms with Crippen LogP contribution >= 0.6 is 0 Å². The Morgan fingerprint density at radius 3 is 2.79 bits per heavy atom. The Bertz CT molecular complexity index is 456. The fraction of sp³-hybridized carbons (Fsp3) is 0.562. The Morgan fingerprint density at radius 1 is 1.37 bits per heavy atom. The van der Waals surface area contributed by atoms with E-state index in [0.717, 1.165) is 6.42 Å². The van der Waals surface area contributed by atoms with Gasteiger partial charge in [-0.25, -0.2) is 0 Å². The zero-order valence-corrected chi connectivity index (χ0v) is 12.1. The van der Waals surface area contributed by atoms with Gasteiger partial charge in [0.25, 0.3) is 0 Å². The van der Waals surface area contributed by atoms with Gasteiger partial charge in [-0.15, -0.1) is 0 Å². The molecule has 0 heterocycles. The van der Waals surface area contributed by atoms with Gasteiger partial charge in [0.2, 0.25) is 0 Å². The van der Waals surface area contributed by atoms with Crippen LogP contribution in [0.2, 0.25) is 0 Å². The van der Waals surface area contributed by atoms with Gasteiger partial charge in [-0.05, 0) is 48.9 Å². The molecular weight excluding hydrogens is 238 g/mol. The SMILES string of the molecule is CCC(CN(C)c1ccc2c(c1)CCC2)C(=O)OC. The van der Waals surface area contributed by atoms with Crippen LogP contribution < -0.4 is 4.90 Å². The van der Waals surface area contributed by atoms with Crippen molar-refractivity contribution in [2.24, 2.45) is 5.92 Å². The fourth-order valence-electron chi connectivity index (χ4n) is 2.77. The van der Waals surface area contributed by atoms with E-state index in [4.69, 9.17) is 4.74 Å². The van der Waals surface area contributed by atoms with Crippen LogP contribution in [-0.2, 0) is 22.4 Å². The van der Waals surface area contributed by atoms with Crippen molar-refractivity contribution in [1.29, 1.82) is 0 Å². The Kier molecular flexibility index (Phi) is 4.46. The van der Waals surface area contributed by atoms with Crippen LogP contribution in [0, 0.1) is 5.92 Å². The molecule has 2 rings (SSSR count). The minimum absolute atomic E-state index is 0.0525. The van der Waals surface area contributed by atoms with Gasteiger partial charge in [-0.3, -0.25) is 4.79 Å². The van der Waals surface area contributed by atoms with E-state index in [9.17, 15) is 4.79 Å². The van der Waals surface area contributed by atoms with E-state index in [1.54, 1.807) is 0 Å². The highest BCUT2D eigenvalue weighted by Gasteiger charge is 2.20. The number of carbonyl (C=O) groups excluding carboxylic acids is 1. The highest BCUT2D eigenvalue weighted by molar-refractivity contribution is 5.73. The molecule has 0 amide bonds. The molecule has 0 radical (unpaired) electrons. The van der Waals surface area contributed by atoms with Crippen LogP contribution in [0.5, 0.6) is 0 Å². The van der Waals surface area contributed by atoms with Gasteiger partial charge in [0.15, 0.2) is 0 Å². The molecule has 0 bridgehead atoms. The standard InChI is InChI=1S/C16H23NO2/c1-4-12(16(18)19-3)11-17(2)15-9-8-13-6-5-7-14(13)10-15/h8-10,12H,4-7,11H2,1-3H3. The molecule has 1 aliphatic carbocycles. The van der Waals surface area contributed by atoms with Crippen LogP contribution in [0.3, 0.4) is 0 Å². The molecule has 3 heteroatoms. The predicted octanol–water partition coefficient (Wildman–Crippen LogP) is 2.81. The van der Waals surface area contributed by atoms with Gasteiger partial charge in [0.1, 0.15) is 0 Å². The van der Waals surface area contributed by atoms with Crippen LogP contribution in [-0.4, -0.2) is 26.7 Å². The average molecular weight is 261 g/mol. The van der Waals surface area contributed by atoms with Crippen molar-refractivity contribution >= 4 is 11.7 Å². The zero-order valence-electron chi connectivity index (χ0n) is 12.1. The minimum atomic E-state index is -0.115. The molecule has 0 spiro atoms. The molecule has 1 aromatic carbocycles. The number of carbonyl (C=O) groups is 1. The summed E-state index contributed by atoms with van der Waals surface area (Å²) in [5.41, 5.74) is 4.15. The first-order valence-electron chi connectivity index (χ1n) is 7.06. The lowest BCUT2D eigenvalue weighted by Crippen LogP contribution is -2.30. The summed E-state index contributed by atoms with van der Waals surface area (Å²) in [6.07, 6.45) is 4.47. The van der Waals surface area contributed by atoms with Gasteiger partial charge in [0.05, 0.1) is 13.0 Å². The Morgan fingerprint density at radius 2 is 2.11 bits per heavy atom. The fourth-order valence-corrected chi connectivity index (χ4v) is 2.77. The molecular formula is C16H23NO2. The molecule has 0 aromatic heterocycles. The summed E-state index contributed by atoms with van der Waals surface area (Å²) in [5, 5.41) is 0. The second-order valence-electron chi connectivity index (χ2n) is 5.32. The average Bonchev–Trinajstić information content (AvgIpc) is 2.90. The Labute approximate surface area is 115 Å². The first-order chi connectivity index (χ1) is 9.15. The third-order valence-corrected chi connectivity index (χ3v) is 4.04. The number of hydrogen-bond donors (Lipinski definition) is 0. The lowest BCUT2D eigenvalue weighted by atomic mass is 10.1. The predicted molar refractivity (Wildman–Crippen MR) is 77.5 cm³/mol.